The minimum atomic E-state index is -0.440. The van der Waals surface area contributed by atoms with E-state index >= 15 is 0 Å². The van der Waals surface area contributed by atoms with Gasteiger partial charge in [-0.1, -0.05) is 152 Å². The maximum atomic E-state index is 2.53. The van der Waals surface area contributed by atoms with Gasteiger partial charge < -0.3 is 4.57 Å². The maximum Gasteiger partial charge on any atom is 0.0714 e. The van der Waals surface area contributed by atoms with Gasteiger partial charge in [-0.15, -0.1) is 0 Å². The largest absolute Gasteiger partial charge is 0.309 e. The summed E-state index contributed by atoms with van der Waals surface area (Å²) in [7, 11) is 0. The van der Waals surface area contributed by atoms with Gasteiger partial charge in [0.25, 0.3) is 0 Å². The number of hydrogen-bond acceptors (Lipinski definition) is 0. The number of allylic oxidation sites excluding steroid dienone is 2. The summed E-state index contributed by atoms with van der Waals surface area (Å²) in [6, 6.07) is 61.6. The highest BCUT2D eigenvalue weighted by atomic mass is 15.0. The van der Waals surface area contributed by atoms with Gasteiger partial charge in [0.15, 0.2) is 0 Å². The lowest BCUT2D eigenvalue weighted by Gasteiger charge is -2.34. The van der Waals surface area contributed by atoms with Crippen LogP contribution in [0.4, 0.5) is 0 Å². The number of aryl methyl sites for hydroxylation is 1. The van der Waals surface area contributed by atoms with Gasteiger partial charge in [-0.3, -0.25) is 0 Å². The van der Waals surface area contributed by atoms with E-state index in [1.165, 1.54) is 122 Å². The molecule has 0 amide bonds. The molecule has 1 aromatic heterocycles. The van der Waals surface area contributed by atoms with Gasteiger partial charge in [0.2, 0.25) is 0 Å². The van der Waals surface area contributed by atoms with E-state index in [0.29, 0.717) is 0 Å². The zero-order valence-corrected chi connectivity index (χ0v) is 31.3. The minimum absolute atomic E-state index is 0.440. The Labute approximate surface area is 319 Å². The van der Waals surface area contributed by atoms with Gasteiger partial charge in [0.05, 0.1) is 22.1 Å². The van der Waals surface area contributed by atoms with Crippen molar-refractivity contribution in [3.8, 4) is 27.9 Å². The lowest BCUT2D eigenvalue weighted by atomic mass is 9.68. The lowest BCUT2D eigenvalue weighted by Crippen LogP contribution is -2.28. The van der Waals surface area contributed by atoms with Gasteiger partial charge in [0.1, 0.15) is 0 Å². The van der Waals surface area contributed by atoms with Crippen LogP contribution in [-0.2, 0) is 5.41 Å². The fourth-order valence-corrected chi connectivity index (χ4v) is 10.1. The zero-order valence-electron chi connectivity index (χ0n) is 31.3. The molecule has 1 heteroatoms. The normalized spacial score (nSPS) is 14.8. The number of aromatic nitrogens is 1. The highest BCUT2D eigenvalue weighted by molar-refractivity contribution is 6.11. The number of rotatable bonds is 7. The Morgan fingerprint density at radius 2 is 1.19 bits per heavy atom. The summed E-state index contributed by atoms with van der Waals surface area (Å²) in [5.41, 5.74) is 19.8. The molecule has 10 rings (SSSR count). The molecule has 0 bridgehead atoms. The summed E-state index contributed by atoms with van der Waals surface area (Å²) in [5, 5.41) is 2.57. The van der Waals surface area contributed by atoms with Crippen LogP contribution in [0.1, 0.15) is 78.8 Å². The molecule has 0 radical (unpaired) electrons. The van der Waals surface area contributed by atoms with Crippen LogP contribution in [0.25, 0.3) is 55.3 Å². The highest BCUT2D eigenvalue weighted by Crippen LogP contribution is 2.58. The molecule has 2 aliphatic carbocycles. The topological polar surface area (TPSA) is 4.93 Å². The Morgan fingerprint density at radius 3 is 1.98 bits per heavy atom. The van der Waals surface area contributed by atoms with Crippen LogP contribution in [-0.4, -0.2) is 4.57 Å². The predicted molar refractivity (Wildman–Crippen MR) is 229 cm³/mol. The average Bonchev–Trinajstić information content (AvgIpc) is 3.73. The first-order valence-electron chi connectivity index (χ1n) is 19.9. The predicted octanol–water partition coefficient (Wildman–Crippen LogP) is 14.2. The third-order valence-electron chi connectivity index (χ3n) is 12.4. The minimum Gasteiger partial charge on any atom is -0.309 e. The van der Waals surface area contributed by atoms with Crippen molar-refractivity contribution in [3.05, 3.63) is 203 Å². The molecule has 54 heavy (non-hydrogen) atoms. The van der Waals surface area contributed by atoms with E-state index in [-0.39, 0.29) is 0 Å². The van der Waals surface area contributed by atoms with Gasteiger partial charge in [-0.05, 0) is 125 Å². The molecule has 0 saturated carbocycles. The SMILES string of the molecule is CCCC1=C(c2cc(-c3ccc4c(c3)c3ccccc3n4-c3cccc4c3-c3ccccc3C4(c3ccccc3)c3ccccc3)ccc2C)CCCC1. The summed E-state index contributed by atoms with van der Waals surface area (Å²) in [6.45, 7) is 4.61. The molecule has 0 saturated heterocycles. The molecule has 1 nitrogen and oxygen atoms in total. The second kappa shape index (κ2) is 13.2. The van der Waals surface area contributed by atoms with E-state index in [9.17, 15) is 0 Å². The molecular weight excluding hydrogens is 651 g/mol. The van der Waals surface area contributed by atoms with Gasteiger partial charge in [-0.2, -0.15) is 0 Å². The third kappa shape index (κ3) is 4.91. The monoisotopic (exact) mass is 695 g/mol. The van der Waals surface area contributed by atoms with Crippen molar-refractivity contribution >= 4 is 27.4 Å². The molecule has 262 valence electrons. The number of hydrogen-bond donors (Lipinski definition) is 0. The van der Waals surface area contributed by atoms with Gasteiger partial charge >= 0.3 is 0 Å². The molecule has 0 fully saturated rings. The van der Waals surface area contributed by atoms with Crippen LogP contribution in [0.5, 0.6) is 0 Å². The standard InChI is InChI=1S/C53H45N/c1-3-17-37-18-10-11-23-42(37)45-34-38(31-30-36(45)2)39-32-33-50-46(35-39)43-24-13-15-28-49(43)54(50)51-29-16-27-48-52(51)44-25-12-14-26-47(44)53(48,40-19-6-4-7-20-40)41-21-8-5-9-22-41/h4-9,12-16,19-22,24-35H,3,10-11,17-18,23H2,1-2H3. The van der Waals surface area contributed by atoms with Crippen molar-refractivity contribution in [1.29, 1.82) is 0 Å². The number of nitrogens with zero attached hydrogens (tertiary/aromatic N) is 1. The molecule has 0 aliphatic heterocycles. The molecule has 7 aromatic carbocycles. The average molecular weight is 696 g/mol. The number of para-hydroxylation sites is 1. The summed E-state index contributed by atoms with van der Waals surface area (Å²) in [5.74, 6) is 0. The quantitative estimate of drug-likeness (QED) is 0.156. The van der Waals surface area contributed by atoms with E-state index in [0.717, 1.165) is 0 Å². The Kier molecular flexibility index (Phi) is 7.99. The lowest BCUT2D eigenvalue weighted by molar-refractivity contribution is 0.681. The van der Waals surface area contributed by atoms with Crippen molar-refractivity contribution in [2.75, 3.05) is 0 Å². The summed E-state index contributed by atoms with van der Waals surface area (Å²) in [4.78, 5) is 0. The van der Waals surface area contributed by atoms with Crippen molar-refractivity contribution in [1.82, 2.24) is 4.57 Å². The third-order valence-corrected chi connectivity index (χ3v) is 12.4. The van der Waals surface area contributed by atoms with Crippen molar-refractivity contribution in [2.24, 2.45) is 0 Å². The van der Waals surface area contributed by atoms with E-state index in [1.54, 1.807) is 11.1 Å². The Morgan fingerprint density at radius 1 is 0.537 bits per heavy atom. The molecule has 8 aromatic rings. The first-order chi connectivity index (χ1) is 26.7. The van der Waals surface area contributed by atoms with Crippen molar-refractivity contribution in [2.45, 2.75) is 57.8 Å². The van der Waals surface area contributed by atoms with E-state index < -0.39 is 5.41 Å². The molecule has 1 heterocycles. The summed E-state index contributed by atoms with van der Waals surface area (Å²) in [6.07, 6.45) is 7.51. The summed E-state index contributed by atoms with van der Waals surface area (Å²) < 4.78 is 2.53. The number of benzene rings is 7. The Balaban J connectivity index is 1.20. The smallest absolute Gasteiger partial charge is 0.0714 e. The van der Waals surface area contributed by atoms with E-state index in [4.69, 9.17) is 0 Å². The molecule has 0 N–H and O–H groups in total. The molecular formula is C53H45N. The van der Waals surface area contributed by atoms with Gasteiger partial charge in [0, 0.05) is 16.3 Å². The van der Waals surface area contributed by atoms with E-state index in [2.05, 4.69) is 182 Å². The fourth-order valence-electron chi connectivity index (χ4n) is 10.1. The second-order valence-corrected chi connectivity index (χ2v) is 15.4. The van der Waals surface area contributed by atoms with Crippen LogP contribution in [0.15, 0.2) is 169 Å². The highest BCUT2D eigenvalue weighted by Gasteiger charge is 2.47. The van der Waals surface area contributed by atoms with Crippen LogP contribution < -0.4 is 0 Å². The molecule has 0 unspecified atom stereocenters. The first kappa shape index (κ1) is 32.7. The van der Waals surface area contributed by atoms with Crippen LogP contribution >= 0.6 is 0 Å². The van der Waals surface area contributed by atoms with Crippen LogP contribution in [0, 0.1) is 6.92 Å². The van der Waals surface area contributed by atoms with Crippen LogP contribution in [0.2, 0.25) is 0 Å². The van der Waals surface area contributed by atoms with Crippen LogP contribution in [0.3, 0.4) is 0 Å². The maximum absolute atomic E-state index is 2.53. The summed E-state index contributed by atoms with van der Waals surface area (Å²) >= 11 is 0. The molecule has 0 atom stereocenters. The molecule has 0 spiro atoms. The zero-order chi connectivity index (χ0) is 36.2. The van der Waals surface area contributed by atoms with Gasteiger partial charge in [-0.25, -0.2) is 0 Å². The number of fused-ring (bicyclic) bond motifs is 6. The van der Waals surface area contributed by atoms with Crippen molar-refractivity contribution < 1.29 is 0 Å². The van der Waals surface area contributed by atoms with Crippen molar-refractivity contribution in [3.63, 3.8) is 0 Å². The fraction of sp³-hybridized carbons (Fsp3) is 0.170. The Hall–Kier alpha value is -5.92. The first-order valence-corrected chi connectivity index (χ1v) is 19.9. The molecule has 2 aliphatic rings. The Bertz CT molecular complexity index is 2690. The van der Waals surface area contributed by atoms with E-state index in [1.807, 2.05) is 0 Å². The second-order valence-electron chi connectivity index (χ2n) is 15.4.